The highest BCUT2D eigenvalue weighted by molar-refractivity contribution is 7.93. The van der Waals surface area contributed by atoms with E-state index in [1.54, 1.807) is 60.5 Å². The van der Waals surface area contributed by atoms with Crippen molar-refractivity contribution in [3.63, 3.8) is 0 Å². The lowest BCUT2D eigenvalue weighted by Crippen LogP contribution is -2.26. The van der Waals surface area contributed by atoms with Crippen LogP contribution in [0.5, 0.6) is 0 Å². The predicted molar refractivity (Wildman–Crippen MR) is 123 cm³/mol. The van der Waals surface area contributed by atoms with Gasteiger partial charge in [0.05, 0.1) is 10.6 Å². The lowest BCUT2D eigenvalue weighted by molar-refractivity contribution is 0.596. The van der Waals surface area contributed by atoms with Crippen LogP contribution in [-0.2, 0) is 10.0 Å². The zero-order valence-corrected chi connectivity index (χ0v) is 18.1. The Kier molecular flexibility index (Phi) is 5.12. The summed E-state index contributed by atoms with van der Waals surface area (Å²) in [5.41, 5.74) is 1.34. The molecule has 0 spiro atoms. The summed E-state index contributed by atoms with van der Waals surface area (Å²) < 4.78 is 43.2. The van der Waals surface area contributed by atoms with Gasteiger partial charge in [-0.25, -0.2) is 22.1 Å². The Morgan fingerprint density at radius 1 is 0.844 bits per heavy atom. The summed E-state index contributed by atoms with van der Waals surface area (Å²) in [4.78, 5) is 12.4. The van der Waals surface area contributed by atoms with Gasteiger partial charge in [-0.1, -0.05) is 6.07 Å². The number of halogens is 1. The number of aromatic nitrogens is 3. The molecule has 158 valence electrons. The Labute approximate surface area is 187 Å². The number of anilines is 2. The fourth-order valence-electron chi connectivity index (χ4n) is 3.43. The minimum atomic E-state index is -4.09. The smallest absolute Gasteiger partial charge is 0.265 e. The fourth-order valence-corrected chi connectivity index (χ4v) is 5.81. The van der Waals surface area contributed by atoms with Crippen LogP contribution in [0, 0.1) is 5.82 Å². The Morgan fingerprint density at radius 3 is 2.44 bits per heavy atom. The number of hydrogen-bond acceptors (Lipinski definition) is 6. The standard InChI is InChI=1S/C23H15FN4O2S2/c24-19-2-4-22(21(14-19)16-5-8-25-9-6-16)28(23-27-11-12-31-23)32(29,30)20-3-1-18-15-26-10-7-17(18)13-20/h1-15H. The van der Waals surface area contributed by atoms with Gasteiger partial charge in [0.1, 0.15) is 5.82 Å². The molecule has 6 nitrogen and oxygen atoms in total. The van der Waals surface area contributed by atoms with E-state index in [1.807, 2.05) is 0 Å². The molecule has 0 saturated heterocycles. The third-order valence-electron chi connectivity index (χ3n) is 4.91. The van der Waals surface area contributed by atoms with Gasteiger partial charge in [-0.3, -0.25) is 9.97 Å². The largest absolute Gasteiger partial charge is 0.270 e. The van der Waals surface area contributed by atoms with Crippen LogP contribution in [0.3, 0.4) is 0 Å². The van der Waals surface area contributed by atoms with Crippen molar-refractivity contribution in [3.05, 3.63) is 96.8 Å². The molecule has 5 rings (SSSR count). The highest BCUT2D eigenvalue weighted by Gasteiger charge is 2.31. The quantitative estimate of drug-likeness (QED) is 0.349. The fraction of sp³-hybridized carbons (Fsp3) is 0. The Bertz CT molecular complexity index is 1510. The van der Waals surface area contributed by atoms with Crippen LogP contribution in [0.2, 0.25) is 0 Å². The Hall–Kier alpha value is -3.69. The molecule has 0 aliphatic rings. The summed E-state index contributed by atoms with van der Waals surface area (Å²) in [5, 5.41) is 3.52. The van der Waals surface area contributed by atoms with Gasteiger partial charge in [0.2, 0.25) is 5.13 Å². The summed E-state index contributed by atoms with van der Waals surface area (Å²) >= 11 is 1.18. The average molecular weight is 463 g/mol. The van der Waals surface area contributed by atoms with Crippen LogP contribution in [0.25, 0.3) is 21.9 Å². The molecule has 0 unspecified atom stereocenters. The van der Waals surface area contributed by atoms with Crippen molar-refractivity contribution in [2.24, 2.45) is 0 Å². The highest BCUT2D eigenvalue weighted by atomic mass is 32.2. The van der Waals surface area contributed by atoms with E-state index in [-0.39, 0.29) is 10.0 Å². The summed E-state index contributed by atoms with van der Waals surface area (Å²) in [6.45, 7) is 0. The van der Waals surface area contributed by atoms with E-state index in [4.69, 9.17) is 0 Å². The summed E-state index contributed by atoms with van der Waals surface area (Å²) in [7, 11) is -4.09. The molecule has 0 aliphatic heterocycles. The lowest BCUT2D eigenvalue weighted by Gasteiger charge is -2.24. The van der Waals surface area contributed by atoms with Gasteiger partial charge < -0.3 is 0 Å². The van der Waals surface area contributed by atoms with Crippen molar-refractivity contribution in [1.82, 2.24) is 15.0 Å². The van der Waals surface area contributed by atoms with Crippen LogP contribution in [0.15, 0.2) is 95.9 Å². The maximum atomic E-state index is 14.2. The molecule has 0 atom stereocenters. The number of benzene rings is 2. The first-order chi connectivity index (χ1) is 15.5. The lowest BCUT2D eigenvalue weighted by atomic mass is 10.0. The summed E-state index contributed by atoms with van der Waals surface area (Å²) in [6.07, 6.45) is 7.96. The second-order valence-electron chi connectivity index (χ2n) is 6.87. The molecule has 3 aromatic heterocycles. The van der Waals surface area contributed by atoms with Crippen molar-refractivity contribution < 1.29 is 12.8 Å². The molecule has 0 bridgehead atoms. The molecule has 0 N–H and O–H groups in total. The van der Waals surface area contributed by atoms with Gasteiger partial charge in [-0.05, 0) is 59.5 Å². The predicted octanol–water partition coefficient (Wildman–Crippen LogP) is 5.42. The van der Waals surface area contributed by atoms with E-state index in [1.165, 1.54) is 41.8 Å². The number of rotatable bonds is 5. The van der Waals surface area contributed by atoms with E-state index in [0.717, 1.165) is 15.1 Å². The first-order valence-corrected chi connectivity index (χ1v) is 11.8. The third-order valence-corrected chi connectivity index (χ3v) is 7.48. The molecule has 2 aromatic carbocycles. The van der Waals surface area contributed by atoms with Crippen LogP contribution in [0.4, 0.5) is 15.2 Å². The first-order valence-electron chi connectivity index (χ1n) is 9.52. The number of nitrogens with zero attached hydrogens (tertiary/aromatic N) is 4. The molecule has 0 aliphatic carbocycles. The number of sulfonamides is 1. The second-order valence-corrected chi connectivity index (χ2v) is 9.53. The van der Waals surface area contributed by atoms with Gasteiger partial charge in [0.25, 0.3) is 10.0 Å². The molecule has 9 heteroatoms. The topological polar surface area (TPSA) is 76.1 Å². The van der Waals surface area contributed by atoms with E-state index in [9.17, 15) is 12.8 Å². The zero-order chi connectivity index (χ0) is 22.1. The summed E-state index contributed by atoms with van der Waals surface area (Å²) in [6, 6.07) is 14.0. The molecule has 0 amide bonds. The van der Waals surface area contributed by atoms with Crippen LogP contribution >= 0.6 is 11.3 Å². The summed E-state index contributed by atoms with van der Waals surface area (Å²) in [5.74, 6) is -0.477. The maximum Gasteiger partial charge on any atom is 0.270 e. The van der Waals surface area contributed by atoms with Crippen molar-refractivity contribution in [3.8, 4) is 11.1 Å². The van der Waals surface area contributed by atoms with E-state index >= 15 is 0 Å². The molecule has 5 aromatic rings. The van der Waals surface area contributed by atoms with Crippen LogP contribution in [-0.4, -0.2) is 23.4 Å². The Morgan fingerprint density at radius 2 is 1.66 bits per heavy atom. The number of hydrogen-bond donors (Lipinski definition) is 0. The SMILES string of the molecule is O=S(=O)(c1ccc2cnccc2c1)N(c1nccs1)c1ccc(F)cc1-c1ccncc1. The van der Waals surface area contributed by atoms with Gasteiger partial charge in [-0.15, -0.1) is 11.3 Å². The minimum absolute atomic E-state index is 0.0939. The normalized spacial score (nSPS) is 11.5. The molecule has 0 saturated carbocycles. The molecular formula is C23H15FN4O2S2. The number of fused-ring (bicyclic) bond motifs is 1. The van der Waals surface area contributed by atoms with Crippen LogP contribution < -0.4 is 4.31 Å². The van der Waals surface area contributed by atoms with E-state index in [0.29, 0.717) is 16.8 Å². The minimum Gasteiger partial charge on any atom is -0.265 e. The number of pyridine rings is 2. The third kappa shape index (κ3) is 3.61. The van der Waals surface area contributed by atoms with Crippen molar-refractivity contribution in [1.29, 1.82) is 0 Å². The monoisotopic (exact) mass is 462 g/mol. The second kappa shape index (κ2) is 8.10. The van der Waals surface area contributed by atoms with E-state index in [2.05, 4.69) is 15.0 Å². The molecule has 32 heavy (non-hydrogen) atoms. The molecular weight excluding hydrogens is 447 g/mol. The zero-order valence-electron chi connectivity index (χ0n) is 16.5. The molecule has 0 fully saturated rings. The van der Waals surface area contributed by atoms with Gasteiger partial charge in [0.15, 0.2) is 0 Å². The number of thiazole rings is 1. The maximum absolute atomic E-state index is 14.2. The highest BCUT2D eigenvalue weighted by Crippen LogP contribution is 2.40. The van der Waals surface area contributed by atoms with Crippen LogP contribution in [0.1, 0.15) is 0 Å². The Balaban J connectivity index is 1.75. The van der Waals surface area contributed by atoms with Crippen molar-refractivity contribution in [2.75, 3.05) is 4.31 Å². The molecule has 0 radical (unpaired) electrons. The van der Waals surface area contributed by atoms with E-state index < -0.39 is 15.8 Å². The van der Waals surface area contributed by atoms with Crippen molar-refractivity contribution in [2.45, 2.75) is 4.90 Å². The van der Waals surface area contributed by atoms with Gasteiger partial charge in [0, 0.05) is 47.3 Å². The van der Waals surface area contributed by atoms with Crippen molar-refractivity contribution >= 4 is 43.0 Å². The molecule has 3 heterocycles. The first kappa shape index (κ1) is 20.2. The van der Waals surface area contributed by atoms with Gasteiger partial charge >= 0.3 is 0 Å². The average Bonchev–Trinajstić information content (AvgIpc) is 3.34. The van der Waals surface area contributed by atoms with Gasteiger partial charge in [-0.2, -0.15) is 0 Å².